The molecule has 4 rings (SSSR count). The first kappa shape index (κ1) is 24.2. The fourth-order valence-electron chi connectivity index (χ4n) is 3.63. The predicted molar refractivity (Wildman–Crippen MR) is 117 cm³/mol. The molecule has 1 aromatic heterocycles. The molecular formula is C20H20KN5O3S2. The maximum absolute atomic E-state index is 11.3. The van der Waals surface area contributed by atoms with Crippen LogP contribution in [0.1, 0.15) is 12.0 Å². The number of anilines is 2. The fraction of sp³-hybridized carbons (Fsp3) is 0.250. The van der Waals surface area contributed by atoms with E-state index in [4.69, 9.17) is 29.2 Å². The molecule has 1 unspecified atom stereocenters. The maximum atomic E-state index is 11.3. The number of nitrogens with zero attached hydrogens (tertiary/aromatic N) is 2. The molecule has 0 aliphatic carbocycles. The number of aryl methyl sites for hydroxylation is 1. The summed E-state index contributed by atoms with van der Waals surface area (Å²) in [5.74, 6) is -0.329. The van der Waals surface area contributed by atoms with Gasteiger partial charge in [-0.1, -0.05) is 6.07 Å². The van der Waals surface area contributed by atoms with E-state index in [1.54, 1.807) is 16.5 Å². The molecular weight excluding hydrogens is 461 g/mol. The van der Waals surface area contributed by atoms with Crippen molar-refractivity contribution in [3.63, 3.8) is 0 Å². The van der Waals surface area contributed by atoms with Gasteiger partial charge in [-0.3, -0.25) is 14.8 Å². The minimum Gasteiger partial charge on any atom is -0.548 e. The molecule has 1 atom stereocenters. The van der Waals surface area contributed by atoms with Crippen molar-refractivity contribution in [3.05, 3.63) is 57.6 Å². The van der Waals surface area contributed by atoms with Crippen LogP contribution in [0.4, 0.5) is 11.4 Å². The number of carboxylic acid groups (broad SMARTS) is 1. The van der Waals surface area contributed by atoms with E-state index in [0.29, 0.717) is 28.1 Å². The van der Waals surface area contributed by atoms with Crippen molar-refractivity contribution in [2.24, 2.45) is 0 Å². The van der Waals surface area contributed by atoms with Gasteiger partial charge in [0.1, 0.15) is 5.75 Å². The molecule has 11 heteroatoms. The third kappa shape index (κ3) is 5.30. The number of fused-ring (bicyclic) bond motifs is 1. The van der Waals surface area contributed by atoms with Crippen LogP contribution in [-0.4, -0.2) is 40.6 Å². The largest absolute Gasteiger partial charge is 1.00 e. The molecule has 3 N–H and O–H groups in total. The number of likely N-dealkylation sites (N-methyl/N-ethyl adjacent to an activating group) is 1. The number of benzene rings is 2. The molecule has 0 spiro atoms. The number of H-pyrrole nitrogens is 2. The topological polar surface area (TPSA) is 101 Å². The Bertz CT molecular complexity index is 1180. The second-order valence-electron chi connectivity index (χ2n) is 6.99. The SMILES string of the molecule is CN1c2ccc(OCNc3cccc(-n4c(=S)[nH][nH]c4=S)c3)cc2CCC1C(=O)[O-].[K+]. The summed E-state index contributed by atoms with van der Waals surface area (Å²) < 4.78 is 8.57. The molecule has 0 saturated heterocycles. The quantitative estimate of drug-likeness (QED) is 0.249. The minimum atomic E-state index is -1.04. The van der Waals surface area contributed by atoms with Crippen LogP contribution in [0.15, 0.2) is 42.5 Å². The first-order valence-corrected chi connectivity index (χ1v) is 10.2. The molecule has 1 aliphatic heterocycles. The number of nitrogens with one attached hydrogen (secondary N) is 3. The van der Waals surface area contributed by atoms with Crippen molar-refractivity contribution >= 4 is 41.8 Å². The van der Waals surface area contributed by atoms with E-state index in [0.717, 1.165) is 22.6 Å². The summed E-state index contributed by atoms with van der Waals surface area (Å²) in [6, 6.07) is 12.8. The molecule has 31 heavy (non-hydrogen) atoms. The third-order valence-corrected chi connectivity index (χ3v) is 5.73. The van der Waals surface area contributed by atoms with Crippen LogP contribution in [0.2, 0.25) is 0 Å². The van der Waals surface area contributed by atoms with Gasteiger partial charge in [0, 0.05) is 18.4 Å². The molecule has 0 radical (unpaired) electrons. The normalized spacial score (nSPS) is 15.0. The van der Waals surface area contributed by atoms with Gasteiger partial charge in [-0.15, -0.1) is 0 Å². The van der Waals surface area contributed by atoms with Crippen LogP contribution >= 0.6 is 24.4 Å². The number of carbonyl (C=O) groups excluding carboxylic acids is 1. The van der Waals surface area contributed by atoms with E-state index in [-0.39, 0.29) is 58.1 Å². The van der Waals surface area contributed by atoms with Gasteiger partial charge < -0.3 is 24.9 Å². The van der Waals surface area contributed by atoms with Gasteiger partial charge in [0.2, 0.25) is 0 Å². The molecule has 0 saturated carbocycles. The Morgan fingerprint density at radius 2 is 1.97 bits per heavy atom. The third-order valence-electron chi connectivity index (χ3n) is 5.16. The Labute approximate surface area is 232 Å². The molecule has 1 aliphatic rings. The van der Waals surface area contributed by atoms with E-state index in [1.165, 1.54) is 0 Å². The molecule has 156 valence electrons. The summed E-state index contributed by atoms with van der Waals surface area (Å²) in [4.78, 5) is 13.0. The van der Waals surface area contributed by atoms with Crippen molar-refractivity contribution in [1.82, 2.24) is 14.8 Å². The molecule has 2 heterocycles. The number of rotatable bonds is 6. The number of carbonyl (C=O) groups is 1. The van der Waals surface area contributed by atoms with E-state index in [9.17, 15) is 9.90 Å². The Morgan fingerprint density at radius 3 is 2.68 bits per heavy atom. The van der Waals surface area contributed by atoms with Crippen LogP contribution in [0, 0.1) is 9.54 Å². The molecule has 2 aromatic carbocycles. The molecule has 8 nitrogen and oxygen atoms in total. The van der Waals surface area contributed by atoms with Gasteiger partial charge in [0.15, 0.2) is 16.3 Å². The van der Waals surface area contributed by atoms with Gasteiger partial charge in [-0.25, -0.2) is 0 Å². The first-order chi connectivity index (χ1) is 14.4. The number of carboxylic acids is 1. The van der Waals surface area contributed by atoms with Gasteiger partial charge >= 0.3 is 51.4 Å². The van der Waals surface area contributed by atoms with Crippen LogP contribution in [0.25, 0.3) is 5.69 Å². The summed E-state index contributed by atoms with van der Waals surface area (Å²) in [6.45, 7) is 0.269. The van der Waals surface area contributed by atoms with E-state index < -0.39 is 12.0 Å². The Kier molecular flexibility index (Phi) is 8.13. The number of aromatic amines is 2. The van der Waals surface area contributed by atoms with Gasteiger partial charge in [0.05, 0.1) is 17.7 Å². The van der Waals surface area contributed by atoms with Gasteiger partial charge in [-0.2, -0.15) is 0 Å². The van der Waals surface area contributed by atoms with Gasteiger partial charge in [0.25, 0.3) is 0 Å². The summed E-state index contributed by atoms with van der Waals surface area (Å²) >= 11 is 10.5. The van der Waals surface area contributed by atoms with Crippen molar-refractivity contribution in [2.75, 3.05) is 24.0 Å². The standard InChI is InChI=1S/C20H21N5O3S2.K/c1-24-16-8-6-15(9-12(16)5-7-17(24)18(26)27)28-11-21-13-3-2-4-14(10-13)25-19(29)22-23-20(25)30;/h2-4,6,8-10,17,21H,5,7,11H2,1H3,(H,22,29)(H,23,30)(H,26,27);/q;+1/p-1. The monoisotopic (exact) mass is 481 g/mol. The number of aromatic nitrogens is 3. The average molecular weight is 482 g/mol. The predicted octanol–water partition coefficient (Wildman–Crippen LogP) is -0.454. The smallest absolute Gasteiger partial charge is 0.548 e. The summed E-state index contributed by atoms with van der Waals surface area (Å²) in [5.41, 5.74) is 3.65. The minimum absolute atomic E-state index is 0. The second-order valence-corrected chi connectivity index (χ2v) is 7.76. The maximum Gasteiger partial charge on any atom is 1.00 e. The summed E-state index contributed by atoms with van der Waals surface area (Å²) in [6.07, 6.45) is 1.19. The number of aliphatic carboxylic acids is 1. The van der Waals surface area contributed by atoms with Gasteiger partial charge in [-0.05, 0) is 79.2 Å². The van der Waals surface area contributed by atoms with Crippen LogP contribution in [0.3, 0.4) is 0 Å². The molecule has 3 aromatic rings. The molecule has 0 bridgehead atoms. The zero-order valence-electron chi connectivity index (χ0n) is 17.2. The second kappa shape index (κ2) is 10.4. The Morgan fingerprint density at radius 1 is 1.23 bits per heavy atom. The van der Waals surface area contributed by atoms with Crippen molar-refractivity contribution in [1.29, 1.82) is 0 Å². The average Bonchev–Trinajstić information content (AvgIpc) is 3.06. The van der Waals surface area contributed by atoms with Crippen LogP contribution in [-0.2, 0) is 11.2 Å². The van der Waals surface area contributed by atoms with Crippen molar-refractivity contribution < 1.29 is 66.0 Å². The first-order valence-electron chi connectivity index (χ1n) is 9.37. The van der Waals surface area contributed by atoms with Crippen LogP contribution in [0.5, 0.6) is 5.75 Å². The van der Waals surface area contributed by atoms with E-state index in [2.05, 4.69) is 15.5 Å². The number of ether oxygens (including phenoxy) is 1. The zero-order chi connectivity index (χ0) is 21.3. The fourth-order valence-corrected chi connectivity index (χ4v) is 4.18. The zero-order valence-corrected chi connectivity index (χ0v) is 21.9. The summed E-state index contributed by atoms with van der Waals surface area (Å²) in [5, 5.41) is 20.1. The van der Waals surface area contributed by atoms with Crippen molar-refractivity contribution in [3.8, 4) is 11.4 Å². The summed E-state index contributed by atoms with van der Waals surface area (Å²) in [7, 11) is 1.77. The Balaban J connectivity index is 0.00000272. The Hall–Kier alpha value is -1.47. The van der Waals surface area contributed by atoms with E-state index in [1.807, 2.05) is 42.5 Å². The number of hydrogen-bond acceptors (Lipinski definition) is 7. The number of hydrogen-bond donors (Lipinski definition) is 3. The molecule has 0 fully saturated rings. The molecule has 0 amide bonds. The van der Waals surface area contributed by atoms with Crippen molar-refractivity contribution in [2.45, 2.75) is 18.9 Å². The van der Waals surface area contributed by atoms with Crippen LogP contribution < -0.4 is 71.4 Å². The van der Waals surface area contributed by atoms with E-state index >= 15 is 0 Å².